The summed E-state index contributed by atoms with van der Waals surface area (Å²) in [5.41, 5.74) is 0.433. The van der Waals surface area contributed by atoms with E-state index in [1.807, 2.05) is 13.8 Å². The molecule has 1 heterocycles. The third-order valence-corrected chi connectivity index (χ3v) is 1.27. The van der Waals surface area contributed by atoms with Gasteiger partial charge < -0.3 is 5.32 Å². The molecule has 1 rings (SSSR count). The number of rotatable bonds is 2. The van der Waals surface area contributed by atoms with Crippen molar-refractivity contribution in [3.8, 4) is 0 Å². The first-order valence-electron chi connectivity index (χ1n) is 3.83. The molecule has 1 amide bonds. The van der Waals surface area contributed by atoms with Crippen LogP contribution in [0.25, 0.3) is 0 Å². The largest absolute Gasteiger partial charge is 0.349 e. The molecule has 0 saturated carbocycles. The highest BCUT2D eigenvalue weighted by Crippen LogP contribution is 1.92. The highest BCUT2D eigenvalue weighted by molar-refractivity contribution is 5.92. The molecular weight excluding hydrogens is 152 g/mol. The van der Waals surface area contributed by atoms with E-state index in [1.165, 1.54) is 6.20 Å². The maximum atomic E-state index is 11.3. The standard InChI is InChI=1S/C9H11N2O/c1-7(2)11-9(12)8-5-3-4-6-10-8/h3,5-7H,1-2H3,(H,11,12). The molecule has 0 unspecified atom stereocenters. The summed E-state index contributed by atoms with van der Waals surface area (Å²) < 4.78 is 0. The third kappa shape index (κ3) is 2.34. The zero-order chi connectivity index (χ0) is 8.97. The van der Waals surface area contributed by atoms with Gasteiger partial charge in [-0.25, -0.2) is 0 Å². The number of carbonyl (C=O) groups is 1. The molecule has 0 spiro atoms. The molecule has 0 aliphatic heterocycles. The Kier molecular flexibility index (Phi) is 2.80. The Morgan fingerprint density at radius 3 is 2.92 bits per heavy atom. The number of hydrogen-bond acceptors (Lipinski definition) is 2. The fraction of sp³-hybridized carbons (Fsp3) is 0.333. The SMILES string of the molecule is CC(C)NC(=O)c1cc[c]cn1. The Balaban J connectivity index is 2.66. The lowest BCUT2D eigenvalue weighted by Gasteiger charge is -2.06. The molecule has 0 aliphatic rings. The van der Waals surface area contributed by atoms with Crippen LogP contribution < -0.4 is 5.32 Å². The van der Waals surface area contributed by atoms with Gasteiger partial charge in [-0.1, -0.05) is 6.07 Å². The van der Waals surface area contributed by atoms with Crippen molar-refractivity contribution in [3.63, 3.8) is 0 Å². The van der Waals surface area contributed by atoms with Crippen molar-refractivity contribution in [1.29, 1.82) is 0 Å². The molecule has 0 fully saturated rings. The van der Waals surface area contributed by atoms with Crippen molar-refractivity contribution in [2.75, 3.05) is 0 Å². The smallest absolute Gasteiger partial charge is 0.270 e. The van der Waals surface area contributed by atoms with Crippen LogP contribution in [-0.4, -0.2) is 16.9 Å². The van der Waals surface area contributed by atoms with E-state index in [1.54, 1.807) is 12.1 Å². The quantitative estimate of drug-likeness (QED) is 0.707. The second kappa shape index (κ2) is 3.85. The monoisotopic (exact) mass is 163 g/mol. The van der Waals surface area contributed by atoms with Crippen LogP contribution in [0.5, 0.6) is 0 Å². The number of amides is 1. The maximum absolute atomic E-state index is 11.3. The van der Waals surface area contributed by atoms with E-state index >= 15 is 0 Å². The van der Waals surface area contributed by atoms with Gasteiger partial charge in [0, 0.05) is 18.3 Å². The third-order valence-electron chi connectivity index (χ3n) is 1.27. The van der Waals surface area contributed by atoms with Gasteiger partial charge in [0.25, 0.3) is 5.91 Å². The van der Waals surface area contributed by atoms with Gasteiger partial charge >= 0.3 is 0 Å². The molecular formula is C9H11N2O. The number of nitrogens with one attached hydrogen (secondary N) is 1. The predicted octanol–water partition coefficient (Wildman–Crippen LogP) is 1.02. The molecule has 1 aromatic heterocycles. The van der Waals surface area contributed by atoms with Crippen LogP contribution in [0.15, 0.2) is 18.3 Å². The van der Waals surface area contributed by atoms with Crippen LogP contribution in [0.4, 0.5) is 0 Å². The minimum Gasteiger partial charge on any atom is -0.349 e. The topological polar surface area (TPSA) is 42.0 Å². The summed E-state index contributed by atoms with van der Waals surface area (Å²) in [5, 5.41) is 2.74. The van der Waals surface area contributed by atoms with E-state index in [4.69, 9.17) is 0 Å². The molecule has 63 valence electrons. The highest BCUT2D eigenvalue weighted by Gasteiger charge is 2.05. The van der Waals surface area contributed by atoms with E-state index < -0.39 is 0 Å². The minimum atomic E-state index is -0.140. The first-order chi connectivity index (χ1) is 5.70. The number of hydrogen-bond donors (Lipinski definition) is 1. The summed E-state index contributed by atoms with van der Waals surface area (Å²) in [6, 6.07) is 6.20. The summed E-state index contributed by atoms with van der Waals surface area (Å²) >= 11 is 0. The van der Waals surface area contributed by atoms with Gasteiger partial charge in [-0.05, 0) is 19.9 Å². The van der Waals surface area contributed by atoms with E-state index in [2.05, 4.69) is 16.4 Å². The van der Waals surface area contributed by atoms with Crippen molar-refractivity contribution in [2.45, 2.75) is 19.9 Å². The zero-order valence-corrected chi connectivity index (χ0v) is 7.16. The Morgan fingerprint density at radius 1 is 1.67 bits per heavy atom. The average molecular weight is 163 g/mol. The van der Waals surface area contributed by atoms with Crippen LogP contribution in [0.1, 0.15) is 24.3 Å². The molecule has 0 aromatic carbocycles. The Morgan fingerprint density at radius 2 is 2.42 bits per heavy atom. The van der Waals surface area contributed by atoms with Crippen LogP contribution >= 0.6 is 0 Å². The molecule has 0 aliphatic carbocycles. The number of aromatic nitrogens is 1. The number of nitrogens with zero attached hydrogens (tertiary/aromatic N) is 1. The molecule has 0 saturated heterocycles. The second-order valence-electron chi connectivity index (χ2n) is 2.77. The van der Waals surface area contributed by atoms with Crippen LogP contribution in [0, 0.1) is 6.07 Å². The molecule has 3 heteroatoms. The highest BCUT2D eigenvalue weighted by atomic mass is 16.1. The summed E-state index contributed by atoms with van der Waals surface area (Å²) in [6.45, 7) is 3.82. The first kappa shape index (κ1) is 8.71. The van der Waals surface area contributed by atoms with Crippen molar-refractivity contribution < 1.29 is 4.79 Å². The molecule has 1 N–H and O–H groups in total. The fourth-order valence-corrected chi connectivity index (χ4v) is 0.790. The van der Waals surface area contributed by atoms with E-state index in [0.29, 0.717) is 5.69 Å². The summed E-state index contributed by atoms with van der Waals surface area (Å²) in [4.78, 5) is 15.1. The van der Waals surface area contributed by atoms with E-state index in [0.717, 1.165) is 0 Å². The van der Waals surface area contributed by atoms with Gasteiger partial charge in [-0.2, -0.15) is 0 Å². The number of carbonyl (C=O) groups excluding carboxylic acids is 1. The van der Waals surface area contributed by atoms with Gasteiger partial charge in [-0.15, -0.1) is 0 Å². The maximum Gasteiger partial charge on any atom is 0.270 e. The van der Waals surface area contributed by atoms with Crippen molar-refractivity contribution in [2.24, 2.45) is 0 Å². The average Bonchev–Trinajstić information content (AvgIpc) is 2.05. The second-order valence-corrected chi connectivity index (χ2v) is 2.77. The van der Waals surface area contributed by atoms with Gasteiger partial charge in [0.2, 0.25) is 0 Å². The molecule has 1 radical (unpaired) electrons. The normalized spacial score (nSPS) is 9.92. The Bertz CT molecular complexity index is 256. The van der Waals surface area contributed by atoms with Crippen molar-refractivity contribution in [3.05, 3.63) is 30.1 Å². The molecule has 12 heavy (non-hydrogen) atoms. The van der Waals surface area contributed by atoms with Gasteiger partial charge in [0.05, 0.1) is 0 Å². The number of pyridine rings is 1. The zero-order valence-electron chi connectivity index (χ0n) is 7.16. The lowest BCUT2D eigenvalue weighted by molar-refractivity contribution is 0.0938. The van der Waals surface area contributed by atoms with Gasteiger partial charge in [-0.3, -0.25) is 9.78 Å². The summed E-state index contributed by atoms with van der Waals surface area (Å²) in [5.74, 6) is -0.140. The van der Waals surface area contributed by atoms with Crippen molar-refractivity contribution in [1.82, 2.24) is 10.3 Å². The first-order valence-corrected chi connectivity index (χ1v) is 3.83. The van der Waals surface area contributed by atoms with E-state index in [-0.39, 0.29) is 11.9 Å². The van der Waals surface area contributed by atoms with Gasteiger partial charge in [0.15, 0.2) is 0 Å². The Hall–Kier alpha value is -1.38. The molecule has 0 bridgehead atoms. The van der Waals surface area contributed by atoms with Crippen LogP contribution in [-0.2, 0) is 0 Å². The lowest BCUT2D eigenvalue weighted by Crippen LogP contribution is -2.30. The van der Waals surface area contributed by atoms with Gasteiger partial charge in [0.1, 0.15) is 5.69 Å². The van der Waals surface area contributed by atoms with Crippen LogP contribution in [0.3, 0.4) is 0 Å². The minimum absolute atomic E-state index is 0.140. The fourth-order valence-electron chi connectivity index (χ4n) is 0.790. The van der Waals surface area contributed by atoms with E-state index in [9.17, 15) is 4.79 Å². The predicted molar refractivity (Wildman–Crippen MR) is 45.7 cm³/mol. The molecule has 0 atom stereocenters. The summed E-state index contributed by atoms with van der Waals surface area (Å²) in [7, 11) is 0. The van der Waals surface area contributed by atoms with Crippen LogP contribution in [0.2, 0.25) is 0 Å². The summed E-state index contributed by atoms with van der Waals surface area (Å²) in [6.07, 6.45) is 1.48. The lowest BCUT2D eigenvalue weighted by atomic mass is 10.3. The van der Waals surface area contributed by atoms with Crippen molar-refractivity contribution >= 4 is 5.91 Å². The molecule has 3 nitrogen and oxygen atoms in total. The molecule has 1 aromatic rings. The Labute approximate surface area is 71.8 Å².